The van der Waals surface area contributed by atoms with Gasteiger partial charge >= 0.3 is 0 Å². The molecule has 0 saturated heterocycles. The van der Waals surface area contributed by atoms with Crippen LogP contribution in [-0.4, -0.2) is 23.1 Å². The average Bonchev–Trinajstić information content (AvgIpc) is 2.04. The van der Waals surface area contributed by atoms with Crippen LogP contribution in [0, 0.1) is 11.9 Å². The summed E-state index contributed by atoms with van der Waals surface area (Å²) in [6, 6.07) is 0.660. The van der Waals surface area contributed by atoms with E-state index in [0.29, 0.717) is 19.2 Å². The van der Waals surface area contributed by atoms with Crippen molar-refractivity contribution in [2.45, 2.75) is 13.8 Å². The summed E-state index contributed by atoms with van der Waals surface area (Å²) in [6.07, 6.45) is 0. The Hall–Kier alpha value is -1.26. The van der Waals surface area contributed by atoms with E-state index >= 15 is 0 Å². The van der Waals surface area contributed by atoms with E-state index in [2.05, 4.69) is 9.97 Å². The quantitative estimate of drug-likeness (QED) is 0.673. The van der Waals surface area contributed by atoms with E-state index in [-0.39, 0.29) is 5.95 Å². The highest BCUT2D eigenvalue weighted by atomic mass is 19.1. The lowest BCUT2D eigenvalue weighted by Gasteiger charge is -2.17. The first-order valence-corrected chi connectivity index (χ1v) is 4.12. The first kappa shape index (κ1) is 9.83. The minimum absolute atomic E-state index is 0.0995. The molecule has 0 atom stereocenters. The van der Waals surface area contributed by atoms with Crippen LogP contribution in [0.2, 0.25) is 0 Å². The van der Waals surface area contributed by atoms with Gasteiger partial charge in [0.05, 0.1) is 0 Å². The van der Waals surface area contributed by atoms with E-state index in [1.165, 1.54) is 0 Å². The molecule has 72 valence electrons. The van der Waals surface area contributed by atoms with Gasteiger partial charge < -0.3 is 4.90 Å². The Kier molecular flexibility index (Phi) is 3.11. The van der Waals surface area contributed by atoms with Crippen molar-refractivity contribution < 1.29 is 8.78 Å². The molecular formula is C8H11F2N3. The van der Waals surface area contributed by atoms with Crippen molar-refractivity contribution in [2.75, 3.05) is 18.0 Å². The Morgan fingerprint density at radius 3 is 2.00 bits per heavy atom. The third kappa shape index (κ3) is 2.34. The topological polar surface area (TPSA) is 29.0 Å². The molecule has 0 aliphatic rings. The summed E-state index contributed by atoms with van der Waals surface area (Å²) >= 11 is 0. The molecule has 0 bridgehead atoms. The van der Waals surface area contributed by atoms with E-state index < -0.39 is 11.9 Å². The van der Waals surface area contributed by atoms with E-state index in [1.54, 1.807) is 4.90 Å². The number of rotatable bonds is 3. The van der Waals surface area contributed by atoms with Crippen LogP contribution in [0.4, 0.5) is 14.7 Å². The van der Waals surface area contributed by atoms with Crippen molar-refractivity contribution in [3.05, 3.63) is 18.0 Å². The van der Waals surface area contributed by atoms with Gasteiger partial charge in [-0.15, -0.1) is 0 Å². The van der Waals surface area contributed by atoms with Gasteiger partial charge in [-0.3, -0.25) is 0 Å². The van der Waals surface area contributed by atoms with Crippen LogP contribution in [0.1, 0.15) is 13.8 Å². The maximum Gasteiger partial charge on any atom is 0.230 e. The predicted octanol–water partition coefficient (Wildman–Crippen LogP) is 1.60. The highest BCUT2D eigenvalue weighted by Crippen LogP contribution is 2.08. The fraction of sp³-hybridized carbons (Fsp3) is 0.500. The second-order valence-corrected chi connectivity index (χ2v) is 2.49. The molecule has 13 heavy (non-hydrogen) atoms. The molecule has 1 rings (SSSR count). The Morgan fingerprint density at radius 1 is 1.15 bits per heavy atom. The van der Waals surface area contributed by atoms with Crippen LogP contribution in [0.25, 0.3) is 0 Å². The van der Waals surface area contributed by atoms with Crippen LogP contribution in [-0.2, 0) is 0 Å². The van der Waals surface area contributed by atoms with Gasteiger partial charge in [-0.1, -0.05) is 0 Å². The Balaban J connectivity index is 2.99. The second kappa shape index (κ2) is 4.11. The molecule has 0 spiro atoms. The first-order chi connectivity index (χ1) is 6.17. The van der Waals surface area contributed by atoms with Crippen LogP contribution >= 0.6 is 0 Å². The molecule has 1 aromatic heterocycles. The van der Waals surface area contributed by atoms with Crippen molar-refractivity contribution >= 4 is 5.95 Å². The van der Waals surface area contributed by atoms with Crippen molar-refractivity contribution in [3.63, 3.8) is 0 Å². The van der Waals surface area contributed by atoms with Gasteiger partial charge in [0.2, 0.25) is 17.8 Å². The van der Waals surface area contributed by atoms with Gasteiger partial charge in [0.25, 0.3) is 0 Å². The molecule has 0 aliphatic carbocycles. The molecule has 0 fully saturated rings. The number of hydrogen-bond acceptors (Lipinski definition) is 3. The SMILES string of the molecule is CCN(CC)c1nc(F)cc(F)n1. The molecule has 0 aliphatic heterocycles. The van der Waals surface area contributed by atoms with Crippen LogP contribution in [0.5, 0.6) is 0 Å². The minimum atomic E-state index is -0.839. The molecule has 1 aromatic rings. The molecular weight excluding hydrogens is 176 g/mol. The number of hydrogen-bond donors (Lipinski definition) is 0. The highest BCUT2D eigenvalue weighted by molar-refractivity contribution is 5.27. The van der Waals surface area contributed by atoms with E-state index in [9.17, 15) is 8.78 Å². The molecule has 1 heterocycles. The molecule has 0 aromatic carbocycles. The lowest BCUT2D eigenvalue weighted by Crippen LogP contribution is -2.24. The number of anilines is 1. The summed E-state index contributed by atoms with van der Waals surface area (Å²) in [6.45, 7) is 4.99. The van der Waals surface area contributed by atoms with E-state index in [4.69, 9.17) is 0 Å². The summed E-state index contributed by atoms with van der Waals surface area (Å²) in [5.74, 6) is -1.58. The van der Waals surface area contributed by atoms with Crippen molar-refractivity contribution in [3.8, 4) is 0 Å². The van der Waals surface area contributed by atoms with Gasteiger partial charge in [-0.25, -0.2) is 0 Å². The summed E-state index contributed by atoms with van der Waals surface area (Å²) in [7, 11) is 0. The van der Waals surface area contributed by atoms with Gasteiger partial charge in [0.1, 0.15) is 0 Å². The van der Waals surface area contributed by atoms with Crippen molar-refractivity contribution in [1.82, 2.24) is 9.97 Å². The monoisotopic (exact) mass is 187 g/mol. The molecule has 0 N–H and O–H groups in total. The molecule has 0 unspecified atom stereocenters. The predicted molar refractivity (Wildman–Crippen MR) is 45.5 cm³/mol. The van der Waals surface area contributed by atoms with Crippen LogP contribution in [0.3, 0.4) is 0 Å². The number of halogens is 2. The first-order valence-electron chi connectivity index (χ1n) is 4.12. The zero-order valence-corrected chi connectivity index (χ0v) is 7.59. The van der Waals surface area contributed by atoms with Gasteiger partial charge in [-0.05, 0) is 13.8 Å². The van der Waals surface area contributed by atoms with E-state index in [1.807, 2.05) is 13.8 Å². The highest BCUT2D eigenvalue weighted by Gasteiger charge is 2.08. The lowest BCUT2D eigenvalue weighted by molar-refractivity contribution is 0.522. The summed E-state index contributed by atoms with van der Waals surface area (Å²) in [4.78, 5) is 8.64. The van der Waals surface area contributed by atoms with Gasteiger partial charge in [0, 0.05) is 19.2 Å². The van der Waals surface area contributed by atoms with Crippen LogP contribution in [0.15, 0.2) is 6.07 Å². The average molecular weight is 187 g/mol. The summed E-state index contributed by atoms with van der Waals surface area (Å²) in [5.41, 5.74) is 0. The number of aromatic nitrogens is 2. The molecule has 5 heteroatoms. The van der Waals surface area contributed by atoms with Gasteiger partial charge in [-0.2, -0.15) is 18.7 Å². The van der Waals surface area contributed by atoms with Crippen LogP contribution < -0.4 is 4.90 Å². The van der Waals surface area contributed by atoms with Crippen molar-refractivity contribution in [2.24, 2.45) is 0 Å². The van der Waals surface area contributed by atoms with E-state index in [0.717, 1.165) is 0 Å². The zero-order valence-electron chi connectivity index (χ0n) is 7.59. The molecule has 0 amide bonds. The van der Waals surface area contributed by atoms with Crippen molar-refractivity contribution in [1.29, 1.82) is 0 Å². The summed E-state index contributed by atoms with van der Waals surface area (Å²) < 4.78 is 25.3. The minimum Gasteiger partial charge on any atom is -0.341 e. The normalized spacial score (nSPS) is 10.2. The Bertz CT molecular complexity index is 266. The summed E-state index contributed by atoms with van der Waals surface area (Å²) in [5, 5.41) is 0. The fourth-order valence-corrected chi connectivity index (χ4v) is 1.03. The zero-order chi connectivity index (χ0) is 9.84. The third-order valence-corrected chi connectivity index (χ3v) is 1.70. The molecule has 0 saturated carbocycles. The fourth-order valence-electron chi connectivity index (χ4n) is 1.03. The molecule has 3 nitrogen and oxygen atoms in total. The number of nitrogens with zero attached hydrogens (tertiary/aromatic N) is 3. The largest absolute Gasteiger partial charge is 0.341 e. The molecule has 0 radical (unpaired) electrons. The lowest BCUT2D eigenvalue weighted by atomic mass is 10.5. The Morgan fingerprint density at radius 2 is 1.62 bits per heavy atom. The maximum atomic E-state index is 12.6. The second-order valence-electron chi connectivity index (χ2n) is 2.49. The third-order valence-electron chi connectivity index (χ3n) is 1.70. The Labute approximate surface area is 75.4 Å². The van der Waals surface area contributed by atoms with Gasteiger partial charge in [0.15, 0.2) is 0 Å². The smallest absolute Gasteiger partial charge is 0.230 e. The standard InChI is InChI=1S/C8H11F2N3/c1-3-13(4-2)8-11-6(9)5-7(10)12-8/h5H,3-4H2,1-2H3. The maximum absolute atomic E-state index is 12.6.